The third-order valence-electron chi connectivity index (χ3n) is 4.57. The Morgan fingerprint density at radius 1 is 1.26 bits per heavy atom. The van der Waals surface area contributed by atoms with Gasteiger partial charge in [0, 0.05) is 5.92 Å². The van der Waals surface area contributed by atoms with Crippen LogP contribution in [0.4, 0.5) is 5.13 Å². The minimum Gasteiger partial charge on any atom is -0.338 e. The summed E-state index contributed by atoms with van der Waals surface area (Å²) in [6.07, 6.45) is 5.71. The number of rotatable bonds is 5. The second-order valence-corrected chi connectivity index (χ2v) is 7.76. The van der Waals surface area contributed by atoms with Crippen molar-refractivity contribution in [2.45, 2.75) is 32.1 Å². The Labute approximate surface area is 142 Å². The summed E-state index contributed by atoms with van der Waals surface area (Å²) in [7, 11) is 4.25. The monoisotopic (exact) mass is 332 g/mol. The highest BCUT2D eigenvalue weighted by atomic mass is 32.1. The fourth-order valence-electron chi connectivity index (χ4n) is 3.18. The predicted octanol–water partition coefficient (Wildman–Crippen LogP) is 2.35. The van der Waals surface area contributed by atoms with E-state index in [2.05, 4.69) is 20.2 Å². The average molecular weight is 332 g/mol. The molecule has 3 rings (SSSR count). The first-order chi connectivity index (χ1) is 11.1. The van der Waals surface area contributed by atoms with Gasteiger partial charge in [-0.3, -0.25) is 9.69 Å². The highest BCUT2D eigenvalue weighted by molar-refractivity contribution is 7.22. The standard InChI is InChI=1S/C18H25N3OS/c1-20(2)12-13-21(17(22)14-8-4-3-5-9-14)18-19-15-10-6-7-11-16(15)23-18/h6-7,10-11,14H,3-5,8-9,12-13H2,1-2H3/p+1. The molecule has 4 nitrogen and oxygen atoms in total. The smallest absolute Gasteiger partial charge is 0.232 e. The molecule has 0 saturated heterocycles. The second kappa shape index (κ2) is 7.41. The van der Waals surface area contributed by atoms with Crippen LogP contribution in [0.2, 0.25) is 0 Å². The van der Waals surface area contributed by atoms with E-state index in [1.165, 1.54) is 24.2 Å². The summed E-state index contributed by atoms with van der Waals surface area (Å²) in [6, 6.07) is 8.14. The number of carbonyl (C=O) groups excluding carboxylic acids is 1. The lowest BCUT2D eigenvalue weighted by Crippen LogP contribution is -3.06. The van der Waals surface area contributed by atoms with E-state index < -0.39 is 0 Å². The Balaban J connectivity index is 1.85. The molecule has 1 aliphatic rings. The van der Waals surface area contributed by atoms with Crippen molar-refractivity contribution in [3.63, 3.8) is 0 Å². The van der Waals surface area contributed by atoms with Crippen molar-refractivity contribution in [1.29, 1.82) is 0 Å². The number of hydrogen-bond donors (Lipinski definition) is 1. The number of likely N-dealkylation sites (N-methyl/N-ethyl adjacent to an activating group) is 1. The molecule has 23 heavy (non-hydrogen) atoms. The lowest BCUT2D eigenvalue weighted by Gasteiger charge is -2.27. The van der Waals surface area contributed by atoms with Crippen LogP contribution in [0.15, 0.2) is 24.3 Å². The summed E-state index contributed by atoms with van der Waals surface area (Å²) in [5, 5.41) is 0.864. The quantitative estimate of drug-likeness (QED) is 0.913. The normalized spacial score (nSPS) is 16.1. The van der Waals surface area contributed by atoms with Crippen molar-refractivity contribution in [1.82, 2.24) is 4.98 Å². The topological polar surface area (TPSA) is 37.6 Å². The van der Waals surface area contributed by atoms with E-state index in [1.807, 2.05) is 23.1 Å². The zero-order chi connectivity index (χ0) is 16.2. The van der Waals surface area contributed by atoms with Gasteiger partial charge in [-0.1, -0.05) is 42.7 Å². The van der Waals surface area contributed by atoms with Gasteiger partial charge in [0.1, 0.15) is 0 Å². The molecule has 1 aromatic heterocycles. The van der Waals surface area contributed by atoms with E-state index in [0.717, 1.165) is 41.3 Å². The first kappa shape index (κ1) is 16.4. The number of nitrogens with one attached hydrogen (secondary N) is 1. The minimum absolute atomic E-state index is 0.188. The predicted molar refractivity (Wildman–Crippen MR) is 96.2 cm³/mol. The Hall–Kier alpha value is -1.46. The van der Waals surface area contributed by atoms with Gasteiger partial charge in [-0.05, 0) is 25.0 Å². The van der Waals surface area contributed by atoms with Crippen LogP contribution in [0.3, 0.4) is 0 Å². The van der Waals surface area contributed by atoms with E-state index in [-0.39, 0.29) is 11.8 Å². The Bertz CT molecular complexity index is 628. The highest BCUT2D eigenvalue weighted by Crippen LogP contribution is 2.32. The zero-order valence-corrected chi connectivity index (χ0v) is 14.9. The van der Waals surface area contributed by atoms with Gasteiger partial charge in [-0.25, -0.2) is 4.98 Å². The number of quaternary nitrogens is 1. The van der Waals surface area contributed by atoms with Gasteiger partial charge in [-0.2, -0.15) is 0 Å². The summed E-state index contributed by atoms with van der Waals surface area (Å²) in [4.78, 5) is 21.1. The van der Waals surface area contributed by atoms with E-state index in [9.17, 15) is 4.79 Å². The van der Waals surface area contributed by atoms with Gasteiger partial charge < -0.3 is 4.90 Å². The molecule has 0 aliphatic heterocycles. The fourth-order valence-corrected chi connectivity index (χ4v) is 4.18. The third kappa shape index (κ3) is 3.90. The molecule has 1 aromatic carbocycles. The van der Waals surface area contributed by atoms with Crippen LogP contribution in [0, 0.1) is 5.92 Å². The van der Waals surface area contributed by atoms with Crippen molar-refractivity contribution in [3.8, 4) is 0 Å². The molecule has 0 unspecified atom stereocenters. The molecular weight excluding hydrogens is 306 g/mol. The maximum atomic E-state index is 13.1. The van der Waals surface area contributed by atoms with Gasteiger partial charge in [-0.15, -0.1) is 0 Å². The molecule has 1 heterocycles. The minimum atomic E-state index is 0.188. The molecule has 0 bridgehead atoms. The van der Waals surface area contributed by atoms with Crippen LogP contribution in [0.5, 0.6) is 0 Å². The van der Waals surface area contributed by atoms with E-state index in [0.29, 0.717) is 0 Å². The van der Waals surface area contributed by atoms with Gasteiger partial charge in [0.15, 0.2) is 5.13 Å². The van der Waals surface area contributed by atoms with E-state index in [4.69, 9.17) is 4.98 Å². The number of amides is 1. The molecule has 124 valence electrons. The molecule has 1 saturated carbocycles. The number of para-hydroxylation sites is 1. The number of thiazole rings is 1. The van der Waals surface area contributed by atoms with Crippen molar-refractivity contribution in [3.05, 3.63) is 24.3 Å². The third-order valence-corrected chi connectivity index (χ3v) is 5.63. The number of aromatic nitrogens is 1. The maximum absolute atomic E-state index is 13.1. The second-order valence-electron chi connectivity index (χ2n) is 6.75. The van der Waals surface area contributed by atoms with Crippen molar-refractivity contribution < 1.29 is 9.69 Å². The molecule has 5 heteroatoms. The average Bonchev–Trinajstić information content (AvgIpc) is 2.99. The number of carbonyl (C=O) groups is 1. The lowest BCUT2D eigenvalue weighted by atomic mass is 9.88. The molecule has 1 aliphatic carbocycles. The SMILES string of the molecule is C[NH+](C)CCN(C(=O)C1CCCCC1)c1nc2ccccc2s1. The van der Waals surface area contributed by atoms with E-state index in [1.54, 1.807) is 11.3 Å². The first-order valence-electron chi connectivity index (χ1n) is 8.61. The fraction of sp³-hybridized carbons (Fsp3) is 0.556. The van der Waals surface area contributed by atoms with Crippen LogP contribution in [-0.4, -0.2) is 38.1 Å². The molecule has 0 atom stereocenters. The van der Waals surface area contributed by atoms with Gasteiger partial charge >= 0.3 is 0 Å². The molecule has 1 amide bonds. The van der Waals surface area contributed by atoms with Crippen molar-refractivity contribution in [2.24, 2.45) is 5.92 Å². The number of anilines is 1. The van der Waals surface area contributed by atoms with Gasteiger partial charge in [0.05, 0.1) is 37.4 Å². The molecule has 2 aromatic rings. The summed E-state index contributed by atoms with van der Waals surface area (Å²) in [6.45, 7) is 1.69. The van der Waals surface area contributed by atoms with Crippen LogP contribution >= 0.6 is 11.3 Å². The van der Waals surface area contributed by atoms with Gasteiger partial charge in [0.2, 0.25) is 5.91 Å². The summed E-state index contributed by atoms with van der Waals surface area (Å²) < 4.78 is 1.15. The maximum Gasteiger partial charge on any atom is 0.232 e. The van der Waals surface area contributed by atoms with Crippen molar-refractivity contribution >= 4 is 32.6 Å². The number of fused-ring (bicyclic) bond motifs is 1. The van der Waals surface area contributed by atoms with Crippen LogP contribution in [-0.2, 0) is 4.79 Å². The van der Waals surface area contributed by atoms with Gasteiger partial charge in [0.25, 0.3) is 0 Å². The molecule has 0 spiro atoms. The van der Waals surface area contributed by atoms with Crippen molar-refractivity contribution in [2.75, 3.05) is 32.1 Å². The number of hydrogen-bond acceptors (Lipinski definition) is 3. The summed E-state index contributed by atoms with van der Waals surface area (Å²) in [5.41, 5.74) is 0.992. The molecular formula is C18H26N3OS+. The number of benzene rings is 1. The number of nitrogens with zero attached hydrogens (tertiary/aromatic N) is 2. The summed E-state index contributed by atoms with van der Waals surface area (Å²) in [5.74, 6) is 0.470. The van der Waals surface area contributed by atoms with Crippen LogP contribution in [0.1, 0.15) is 32.1 Å². The first-order valence-corrected chi connectivity index (χ1v) is 9.43. The van der Waals surface area contributed by atoms with Crippen LogP contribution in [0.25, 0.3) is 10.2 Å². The Morgan fingerprint density at radius 3 is 2.70 bits per heavy atom. The van der Waals surface area contributed by atoms with Crippen LogP contribution < -0.4 is 9.80 Å². The summed E-state index contributed by atoms with van der Waals surface area (Å²) >= 11 is 1.63. The highest BCUT2D eigenvalue weighted by Gasteiger charge is 2.29. The molecule has 1 N–H and O–H groups in total. The molecule has 0 radical (unpaired) electrons. The largest absolute Gasteiger partial charge is 0.338 e. The zero-order valence-electron chi connectivity index (χ0n) is 14.0. The Morgan fingerprint density at radius 2 is 2.00 bits per heavy atom. The lowest BCUT2D eigenvalue weighted by molar-refractivity contribution is -0.856. The van der Waals surface area contributed by atoms with E-state index >= 15 is 0 Å². The Kier molecular flexibility index (Phi) is 5.28. The molecule has 1 fully saturated rings.